The Morgan fingerprint density at radius 1 is 1.21 bits per heavy atom. The second-order valence-electron chi connectivity index (χ2n) is 2.23. The molecule has 1 N–H and O–H groups in total. The third-order valence-corrected chi connectivity index (χ3v) is 2.21. The maximum Gasteiger partial charge on any atom is 0.294 e. The number of benzene rings is 1. The molecule has 0 aliphatic carbocycles. The Bertz CT molecular complexity index is 426. The quantitative estimate of drug-likeness (QED) is 0.342. The molecular formula is C6H5NNaO5S. The molecule has 0 aliphatic heterocycles. The van der Waals surface area contributed by atoms with Crippen molar-refractivity contribution in [3.05, 3.63) is 34.4 Å². The van der Waals surface area contributed by atoms with E-state index in [2.05, 4.69) is 0 Å². The van der Waals surface area contributed by atoms with Crippen LogP contribution < -0.4 is 0 Å². The summed E-state index contributed by atoms with van der Waals surface area (Å²) in [5.74, 6) is 0. The van der Waals surface area contributed by atoms with Gasteiger partial charge in [0, 0.05) is 41.7 Å². The fourth-order valence-electron chi connectivity index (χ4n) is 0.740. The molecule has 0 amide bonds. The molecule has 0 heterocycles. The smallest absolute Gasteiger partial charge is 0.282 e. The molecule has 0 saturated carbocycles. The molecule has 71 valence electrons. The van der Waals surface area contributed by atoms with Crippen LogP contribution in [0.2, 0.25) is 0 Å². The maximum absolute atomic E-state index is 10.5. The van der Waals surface area contributed by atoms with Gasteiger partial charge in [0.05, 0.1) is 9.82 Å². The van der Waals surface area contributed by atoms with Gasteiger partial charge in [-0.3, -0.25) is 14.7 Å². The van der Waals surface area contributed by atoms with E-state index in [1.807, 2.05) is 0 Å². The van der Waals surface area contributed by atoms with Crippen LogP contribution in [0.25, 0.3) is 0 Å². The van der Waals surface area contributed by atoms with E-state index in [1.54, 1.807) is 0 Å². The van der Waals surface area contributed by atoms with Crippen molar-refractivity contribution in [3.63, 3.8) is 0 Å². The van der Waals surface area contributed by atoms with E-state index < -0.39 is 15.0 Å². The molecular weight excluding hydrogens is 221 g/mol. The number of hydrogen-bond acceptors (Lipinski definition) is 4. The molecule has 0 bridgehead atoms. The Morgan fingerprint density at radius 3 is 1.93 bits per heavy atom. The van der Waals surface area contributed by atoms with E-state index in [4.69, 9.17) is 4.55 Å². The number of hydrogen-bond donors (Lipinski definition) is 1. The number of non-ortho nitro benzene ring substituents is 1. The van der Waals surface area contributed by atoms with Crippen LogP contribution in [0.15, 0.2) is 29.2 Å². The van der Waals surface area contributed by atoms with E-state index in [9.17, 15) is 18.5 Å². The zero-order chi connectivity index (χ0) is 10.1. The minimum absolute atomic E-state index is 0. The van der Waals surface area contributed by atoms with E-state index in [1.165, 1.54) is 0 Å². The van der Waals surface area contributed by atoms with Gasteiger partial charge >= 0.3 is 0 Å². The summed E-state index contributed by atoms with van der Waals surface area (Å²) in [5.41, 5.74) is -0.229. The molecule has 0 aliphatic rings. The average Bonchev–Trinajstić information content (AvgIpc) is 2.03. The first-order chi connectivity index (χ1) is 5.91. The number of rotatable bonds is 2. The Morgan fingerprint density at radius 2 is 1.64 bits per heavy atom. The fourth-order valence-corrected chi connectivity index (χ4v) is 1.22. The molecule has 0 atom stereocenters. The van der Waals surface area contributed by atoms with Crippen molar-refractivity contribution in [2.45, 2.75) is 4.90 Å². The third kappa shape index (κ3) is 3.35. The molecule has 0 aromatic heterocycles. The molecule has 1 aromatic rings. The largest absolute Gasteiger partial charge is 0.294 e. The normalized spacial score (nSPS) is 10.4. The Kier molecular flexibility index (Phi) is 4.69. The van der Waals surface area contributed by atoms with Crippen molar-refractivity contribution < 1.29 is 17.9 Å². The molecule has 0 spiro atoms. The third-order valence-electron chi connectivity index (χ3n) is 1.35. The predicted molar refractivity (Wildman–Crippen MR) is 48.7 cm³/mol. The summed E-state index contributed by atoms with van der Waals surface area (Å²) in [6, 6.07) is 3.94. The Balaban J connectivity index is 0.00000169. The van der Waals surface area contributed by atoms with Gasteiger partial charge in [0.15, 0.2) is 0 Å². The summed E-state index contributed by atoms with van der Waals surface area (Å²) in [4.78, 5) is 9.13. The summed E-state index contributed by atoms with van der Waals surface area (Å²) in [5, 5.41) is 10.2. The second kappa shape index (κ2) is 4.85. The van der Waals surface area contributed by atoms with Crippen molar-refractivity contribution in [1.82, 2.24) is 0 Å². The van der Waals surface area contributed by atoms with Crippen molar-refractivity contribution in [3.8, 4) is 0 Å². The zero-order valence-electron chi connectivity index (χ0n) is 7.25. The molecule has 0 fully saturated rings. The molecule has 8 heteroatoms. The molecule has 0 saturated heterocycles. The summed E-state index contributed by atoms with van der Waals surface area (Å²) >= 11 is 0. The summed E-state index contributed by atoms with van der Waals surface area (Å²) in [7, 11) is -4.27. The van der Waals surface area contributed by atoms with Crippen molar-refractivity contribution in [2.24, 2.45) is 0 Å². The first-order valence-electron chi connectivity index (χ1n) is 3.13. The minimum atomic E-state index is -4.27. The van der Waals surface area contributed by atoms with Crippen LogP contribution in [0.5, 0.6) is 0 Å². The first kappa shape index (κ1) is 13.5. The van der Waals surface area contributed by atoms with E-state index in [0.29, 0.717) is 0 Å². The summed E-state index contributed by atoms with van der Waals surface area (Å²) < 4.78 is 29.5. The van der Waals surface area contributed by atoms with E-state index in [-0.39, 0.29) is 40.1 Å². The van der Waals surface area contributed by atoms with Gasteiger partial charge in [-0.1, -0.05) is 0 Å². The fraction of sp³-hybridized carbons (Fsp3) is 0. The first-order valence-corrected chi connectivity index (χ1v) is 4.57. The zero-order valence-corrected chi connectivity index (χ0v) is 10.1. The van der Waals surface area contributed by atoms with Crippen molar-refractivity contribution in [1.29, 1.82) is 0 Å². The van der Waals surface area contributed by atoms with Crippen molar-refractivity contribution in [2.75, 3.05) is 0 Å². The molecule has 1 radical (unpaired) electrons. The molecule has 1 aromatic carbocycles. The van der Waals surface area contributed by atoms with Gasteiger partial charge in [-0.15, -0.1) is 0 Å². The van der Waals surface area contributed by atoms with Gasteiger partial charge < -0.3 is 0 Å². The van der Waals surface area contributed by atoms with Gasteiger partial charge in [-0.25, -0.2) is 0 Å². The van der Waals surface area contributed by atoms with Crippen LogP contribution in [0.1, 0.15) is 0 Å². The van der Waals surface area contributed by atoms with Crippen LogP contribution >= 0.6 is 0 Å². The van der Waals surface area contributed by atoms with E-state index >= 15 is 0 Å². The van der Waals surface area contributed by atoms with Gasteiger partial charge in [0.25, 0.3) is 15.8 Å². The molecule has 14 heavy (non-hydrogen) atoms. The van der Waals surface area contributed by atoms with Gasteiger partial charge in [-0.05, 0) is 12.1 Å². The monoisotopic (exact) mass is 226 g/mol. The number of nitro benzene ring substituents is 1. The summed E-state index contributed by atoms with van der Waals surface area (Å²) in [6.07, 6.45) is 0. The second-order valence-corrected chi connectivity index (χ2v) is 3.65. The van der Waals surface area contributed by atoms with Crippen LogP contribution in [-0.2, 0) is 10.1 Å². The molecule has 6 nitrogen and oxygen atoms in total. The standard InChI is InChI=1S/C6H5NO5S.Na/c8-7(9)5-1-3-6(4-2-5)13(10,11)12;/h1-4H,(H,10,11,12);. The minimum Gasteiger partial charge on any atom is -0.282 e. The average molecular weight is 226 g/mol. The van der Waals surface area contributed by atoms with Crippen molar-refractivity contribution >= 4 is 45.4 Å². The molecule has 1 rings (SSSR count). The van der Waals surface area contributed by atoms with Gasteiger partial charge in [0.1, 0.15) is 0 Å². The predicted octanol–water partition coefficient (Wildman–Crippen LogP) is 0.461. The number of nitro groups is 1. The van der Waals surface area contributed by atoms with Crippen LogP contribution in [0, 0.1) is 10.1 Å². The number of nitrogens with zero attached hydrogens (tertiary/aromatic N) is 1. The van der Waals surface area contributed by atoms with Gasteiger partial charge in [0.2, 0.25) is 0 Å². The van der Waals surface area contributed by atoms with Crippen LogP contribution in [-0.4, -0.2) is 47.5 Å². The Labute approximate surface area is 102 Å². The topological polar surface area (TPSA) is 97.5 Å². The van der Waals surface area contributed by atoms with Crippen LogP contribution in [0.3, 0.4) is 0 Å². The van der Waals surface area contributed by atoms with Crippen LogP contribution in [0.4, 0.5) is 5.69 Å². The SMILES string of the molecule is O=[N+]([O-])c1ccc(S(=O)(=O)O)cc1.[Na]. The maximum atomic E-state index is 10.5. The van der Waals surface area contributed by atoms with E-state index in [0.717, 1.165) is 24.3 Å². The summed E-state index contributed by atoms with van der Waals surface area (Å²) in [6.45, 7) is 0. The Hall–Kier alpha value is -0.470. The van der Waals surface area contributed by atoms with Gasteiger partial charge in [-0.2, -0.15) is 8.42 Å². The molecule has 0 unspecified atom stereocenters.